The summed E-state index contributed by atoms with van der Waals surface area (Å²) in [5, 5.41) is 12.7. The Hall–Kier alpha value is -3.59. The first-order valence-corrected chi connectivity index (χ1v) is 9.35. The van der Waals surface area contributed by atoms with Gasteiger partial charge in [0.2, 0.25) is 0 Å². The maximum Gasteiger partial charge on any atom is 0.272 e. The molecule has 1 aliphatic heterocycles. The fourth-order valence-corrected chi connectivity index (χ4v) is 3.60. The SMILES string of the molecule is Cn1nccc1C(=O)N1CCOC(c2nnn3cc(-c4ccncc4)ccc23)C1. The number of morpholine rings is 1. The molecule has 5 heterocycles. The van der Waals surface area contributed by atoms with Crippen LogP contribution in [-0.4, -0.2) is 60.1 Å². The number of carbonyl (C=O) groups is 1. The van der Waals surface area contributed by atoms with Gasteiger partial charge in [0.15, 0.2) is 0 Å². The van der Waals surface area contributed by atoms with Gasteiger partial charge in [-0.15, -0.1) is 5.10 Å². The van der Waals surface area contributed by atoms with Crippen molar-refractivity contribution in [2.24, 2.45) is 7.05 Å². The predicted octanol–water partition coefficient (Wildman–Crippen LogP) is 1.74. The maximum absolute atomic E-state index is 12.8. The third kappa shape index (κ3) is 3.15. The molecule has 1 saturated heterocycles. The highest BCUT2D eigenvalue weighted by molar-refractivity contribution is 5.92. The van der Waals surface area contributed by atoms with E-state index < -0.39 is 0 Å². The Morgan fingerprint density at radius 3 is 2.76 bits per heavy atom. The number of carbonyl (C=O) groups excluding carboxylic acids is 1. The lowest BCUT2D eigenvalue weighted by Crippen LogP contribution is -2.43. The van der Waals surface area contributed by atoms with Crippen LogP contribution in [0.3, 0.4) is 0 Å². The summed E-state index contributed by atoms with van der Waals surface area (Å²) in [5.74, 6) is -0.0604. The van der Waals surface area contributed by atoms with Crippen molar-refractivity contribution < 1.29 is 9.53 Å². The summed E-state index contributed by atoms with van der Waals surface area (Å²) >= 11 is 0. The molecule has 9 heteroatoms. The zero-order valence-corrected chi connectivity index (χ0v) is 15.8. The molecule has 0 N–H and O–H groups in total. The number of nitrogens with zero attached hydrogens (tertiary/aromatic N) is 7. The molecule has 1 fully saturated rings. The topological polar surface area (TPSA) is 90.4 Å². The van der Waals surface area contributed by atoms with Crippen molar-refractivity contribution in [1.82, 2.24) is 34.5 Å². The molecule has 1 unspecified atom stereocenters. The second-order valence-corrected chi connectivity index (χ2v) is 6.91. The Bertz CT molecular complexity index is 1170. The molecular weight excluding hydrogens is 370 g/mol. The molecule has 4 aromatic rings. The first kappa shape index (κ1) is 17.5. The molecule has 0 aromatic carbocycles. The molecule has 0 aliphatic carbocycles. The molecule has 29 heavy (non-hydrogen) atoms. The van der Waals surface area contributed by atoms with Crippen LogP contribution >= 0.6 is 0 Å². The highest BCUT2D eigenvalue weighted by Crippen LogP contribution is 2.27. The van der Waals surface area contributed by atoms with E-state index in [0.29, 0.717) is 25.4 Å². The zero-order valence-electron chi connectivity index (χ0n) is 15.8. The van der Waals surface area contributed by atoms with Crippen LogP contribution in [0.15, 0.2) is 55.1 Å². The average Bonchev–Trinajstić information content (AvgIpc) is 3.39. The highest BCUT2D eigenvalue weighted by Gasteiger charge is 2.30. The Labute approximate surface area is 166 Å². The van der Waals surface area contributed by atoms with Gasteiger partial charge in [0.25, 0.3) is 5.91 Å². The van der Waals surface area contributed by atoms with Gasteiger partial charge in [-0.25, -0.2) is 4.52 Å². The van der Waals surface area contributed by atoms with E-state index in [4.69, 9.17) is 4.74 Å². The summed E-state index contributed by atoms with van der Waals surface area (Å²) in [7, 11) is 1.76. The third-order valence-corrected chi connectivity index (χ3v) is 5.15. The van der Waals surface area contributed by atoms with Crippen molar-refractivity contribution in [3.8, 4) is 11.1 Å². The largest absolute Gasteiger partial charge is 0.368 e. The fourth-order valence-electron chi connectivity index (χ4n) is 3.60. The Morgan fingerprint density at radius 2 is 1.97 bits per heavy atom. The normalized spacial score (nSPS) is 17.0. The van der Waals surface area contributed by atoms with Crippen LogP contribution in [-0.2, 0) is 11.8 Å². The fraction of sp³-hybridized carbons (Fsp3) is 0.250. The molecule has 1 aliphatic rings. The highest BCUT2D eigenvalue weighted by atomic mass is 16.5. The minimum atomic E-state index is -0.329. The monoisotopic (exact) mass is 389 g/mol. The third-order valence-electron chi connectivity index (χ3n) is 5.15. The zero-order chi connectivity index (χ0) is 19.8. The number of hydrogen-bond donors (Lipinski definition) is 0. The molecular formula is C20H19N7O2. The Balaban J connectivity index is 1.42. The van der Waals surface area contributed by atoms with Crippen LogP contribution in [0.5, 0.6) is 0 Å². The molecule has 146 valence electrons. The second-order valence-electron chi connectivity index (χ2n) is 6.91. The lowest BCUT2D eigenvalue weighted by Gasteiger charge is -2.32. The number of aromatic nitrogens is 6. The van der Waals surface area contributed by atoms with Gasteiger partial charge >= 0.3 is 0 Å². The molecule has 1 amide bonds. The van der Waals surface area contributed by atoms with Gasteiger partial charge in [-0.3, -0.25) is 14.5 Å². The van der Waals surface area contributed by atoms with Crippen LogP contribution in [0.2, 0.25) is 0 Å². The van der Waals surface area contributed by atoms with E-state index in [-0.39, 0.29) is 12.0 Å². The predicted molar refractivity (Wildman–Crippen MR) is 104 cm³/mol. The number of rotatable bonds is 3. The number of aryl methyl sites for hydroxylation is 1. The molecule has 1 atom stereocenters. The Morgan fingerprint density at radius 1 is 1.10 bits per heavy atom. The minimum Gasteiger partial charge on any atom is -0.368 e. The first-order valence-electron chi connectivity index (χ1n) is 9.35. The first-order chi connectivity index (χ1) is 14.2. The average molecular weight is 389 g/mol. The molecule has 0 spiro atoms. The molecule has 9 nitrogen and oxygen atoms in total. The van der Waals surface area contributed by atoms with Crippen LogP contribution in [0.4, 0.5) is 0 Å². The van der Waals surface area contributed by atoms with Crippen LogP contribution < -0.4 is 0 Å². The minimum absolute atomic E-state index is 0.0604. The van der Waals surface area contributed by atoms with Gasteiger partial charge in [-0.05, 0) is 29.8 Å². The number of ether oxygens (including phenoxy) is 1. The molecule has 5 rings (SSSR count). The number of hydrogen-bond acceptors (Lipinski definition) is 6. The number of fused-ring (bicyclic) bond motifs is 1. The molecule has 0 radical (unpaired) electrons. The number of amides is 1. The van der Waals surface area contributed by atoms with Gasteiger partial charge < -0.3 is 9.64 Å². The van der Waals surface area contributed by atoms with Crippen LogP contribution in [0.25, 0.3) is 16.6 Å². The van der Waals surface area contributed by atoms with Gasteiger partial charge in [-0.2, -0.15) is 5.10 Å². The van der Waals surface area contributed by atoms with Crippen molar-refractivity contribution in [2.45, 2.75) is 6.10 Å². The second kappa shape index (κ2) is 7.10. The van der Waals surface area contributed by atoms with Gasteiger partial charge in [0, 0.05) is 43.9 Å². The van der Waals surface area contributed by atoms with E-state index in [0.717, 1.165) is 22.3 Å². The van der Waals surface area contributed by atoms with E-state index >= 15 is 0 Å². The number of pyridine rings is 2. The van der Waals surface area contributed by atoms with Crippen LogP contribution in [0, 0.1) is 0 Å². The summed E-state index contributed by atoms with van der Waals surface area (Å²) in [6.45, 7) is 1.40. The molecule has 4 aromatic heterocycles. The van der Waals surface area contributed by atoms with E-state index in [1.54, 1.807) is 45.8 Å². The lowest BCUT2D eigenvalue weighted by atomic mass is 10.1. The van der Waals surface area contributed by atoms with Crippen molar-refractivity contribution in [2.75, 3.05) is 19.7 Å². The van der Waals surface area contributed by atoms with Gasteiger partial charge in [0.05, 0.1) is 18.7 Å². The van der Waals surface area contributed by atoms with E-state index in [9.17, 15) is 4.79 Å². The van der Waals surface area contributed by atoms with Crippen molar-refractivity contribution in [3.05, 3.63) is 66.5 Å². The smallest absolute Gasteiger partial charge is 0.272 e. The summed E-state index contributed by atoms with van der Waals surface area (Å²) in [6, 6.07) is 9.63. The summed E-state index contributed by atoms with van der Waals surface area (Å²) < 4.78 is 9.26. The Kier molecular flexibility index (Phi) is 4.28. The van der Waals surface area contributed by atoms with Crippen molar-refractivity contribution in [1.29, 1.82) is 0 Å². The van der Waals surface area contributed by atoms with Gasteiger partial charge in [0.1, 0.15) is 17.5 Å². The van der Waals surface area contributed by atoms with Crippen molar-refractivity contribution >= 4 is 11.4 Å². The lowest BCUT2D eigenvalue weighted by molar-refractivity contribution is -0.0244. The van der Waals surface area contributed by atoms with Crippen molar-refractivity contribution in [3.63, 3.8) is 0 Å². The summed E-state index contributed by atoms with van der Waals surface area (Å²) in [4.78, 5) is 18.7. The summed E-state index contributed by atoms with van der Waals surface area (Å²) in [6.07, 6.45) is 6.75. The van der Waals surface area contributed by atoms with E-state index in [1.165, 1.54) is 0 Å². The van der Waals surface area contributed by atoms with Gasteiger partial charge in [-0.1, -0.05) is 11.3 Å². The standard InChI is InChI=1S/C20H19N7O2/c1-25-17(6-9-22-25)20(28)26-10-11-29-18(13-26)19-16-3-2-15(12-27(16)24-23-19)14-4-7-21-8-5-14/h2-9,12,18H,10-11,13H2,1H3. The van der Waals surface area contributed by atoms with E-state index in [1.807, 2.05) is 30.5 Å². The van der Waals surface area contributed by atoms with Crippen LogP contribution in [0.1, 0.15) is 22.3 Å². The summed E-state index contributed by atoms with van der Waals surface area (Å²) in [5.41, 5.74) is 4.23. The molecule has 0 saturated carbocycles. The maximum atomic E-state index is 12.8. The molecule has 0 bridgehead atoms. The van der Waals surface area contributed by atoms with E-state index in [2.05, 4.69) is 20.4 Å². The quantitative estimate of drug-likeness (QED) is 0.530.